The van der Waals surface area contributed by atoms with Crippen LogP contribution in [0.15, 0.2) is 0 Å². The summed E-state index contributed by atoms with van der Waals surface area (Å²) >= 11 is 0. The van der Waals surface area contributed by atoms with Gasteiger partial charge in [-0.2, -0.15) is 0 Å². The second kappa shape index (κ2) is 15.1. The minimum absolute atomic E-state index is 0.775. The minimum Gasteiger partial charge on any atom is -0.0654 e. The Kier molecular flexibility index (Phi) is 15.1. The van der Waals surface area contributed by atoms with Crippen molar-refractivity contribution < 1.29 is 0 Å². The Morgan fingerprint density at radius 3 is 0.938 bits per heavy atom. The Morgan fingerprint density at radius 1 is 0.375 bits per heavy atom. The van der Waals surface area contributed by atoms with Crippen molar-refractivity contribution in [1.82, 2.24) is 0 Å². The van der Waals surface area contributed by atoms with Gasteiger partial charge in [0.2, 0.25) is 0 Å². The van der Waals surface area contributed by atoms with E-state index in [1.54, 1.807) is 0 Å². The van der Waals surface area contributed by atoms with Gasteiger partial charge in [0.25, 0.3) is 0 Å². The molecule has 0 bridgehead atoms. The second-order valence-electron chi connectivity index (χ2n) is 13.1. The fourth-order valence-corrected chi connectivity index (χ4v) is 6.70. The van der Waals surface area contributed by atoms with Gasteiger partial charge in [0.05, 0.1) is 0 Å². The Bertz CT molecular complexity index is 467. The quantitative estimate of drug-likeness (QED) is 0.219. The highest BCUT2D eigenvalue weighted by atomic mass is 14.4. The lowest BCUT2D eigenvalue weighted by Gasteiger charge is -2.42. The molecule has 0 spiro atoms. The van der Waals surface area contributed by atoms with Crippen molar-refractivity contribution in [2.75, 3.05) is 0 Å². The predicted octanol–water partition coefficient (Wildman–Crippen LogP) is 10.9. The van der Waals surface area contributed by atoms with E-state index in [2.05, 4.69) is 104 Å². The lowest BCUT2D eigenvalue weighted by Crippen LogP contribution is -2.36. The average Bonchev–Trinajstić information content (AvgIpc) is 2.78. The third kappa shape index (κ3) is 8.98. The summed E-state index contributed by atoms with van der Waals surface area (Å²) in [6.07, 6.45) is 5.41. The van der Waals surface area contributed by atoms with E-state index < -0.39 is 0 Å². The lowest BCUT2D eigenvalue weighted by molar-refractivity contribution is 0.0667. The number of hydrogen-bond acceptors (Lipinski definition) is 0. The summed E-state index contributed by atoms with van der Waals surface area (Å²) in [5.41, 5.74) is 0. The van der Waals surface area contributed by atoms with E-state index in [9.17, 15) is 0 Å². The molecular weight excluding hydrogens is 384 g/mol. The maximum atomic E-state index is 2.56. The Balaban J connectivity index is 5.09. The largest absolute Gasteiger partial charge is 0.0654 e. The van der Waals surface area contributed by atoms with E-state index >= 15 is 0 Å². The first kappa shape index (κ1) is 32.0. The first-order chi connectivity index (χ1) is 14.7. The lowest BCUT2D eigenvalue weighted by atomic mass is 9.63. The fraction of sp³-hybridized carbons (Fsp3) is 1.00. The van der Waals surface area contributed by atoms with E-state index in [4.69, 9.17) is 0 Å². The molecule has 0 saturated carbocycles. The van der Waals surface area contributed by atoms with Crippen LogP contribution in [0.3, 0.4) is 0 Å². The van der Waals surface area contributed by atoms with Gasteiger partial charge in [-0.15, -0.1) is 0 Å². The van der Waals surface area contributed by atoms with E-state index in [1.165, 1.54) is 25.7 Å². The van der Waals surface area contributed by atoms with E-state index in [0.29, 0.717) is 0 Å². The summed E-state index contributed by atoms with van der Waals surface area (Å²) in [6, 6.07) is 0. The van der Waals surface area contributed by atoms with Crippen molar-refractivity contribution in [2.45, 2.75) is 130 Å². The molecule has 0 nitrogen and oxygen atoms in total. The van der Waals surface area contributed by atoms with E-state index in [-0.39, 0.29) is 0 Å². The Morgan fingerprint density at radius 2 is 0.656 bits per heavy atom. The van der Waals surface area contributed by atoms with Crippen LogP contribution < -0.4 is 0 Å². The van der Waals surface area contributed by atoms with Gasteiger partial charge in [0, 0.05) is 0 Å². The van der Waals surface area contributed by atoms with Crippen LogP contribution in [-0.2, 0) is 0 Å². The first-order valence-corrected chi connectivity index (χ1v) is 14.7. The molecule has 0 aliphatic heterocycles. The number of hydrogen-bond donors (Lipinski definition) is 0. The van der Waals surface area contributed by atoms with Gasteiger partial charge in [-0.3, -0.25) is 0 Å². The van der Waals surface area contributed by atoms with Gasteiger partial charge in [-0.25, -0.2) is 0 Å². The van der Waals surface area contributed by atoms with Crippen molar-refractivity contribution >= 4 is 0 Å². The zero-order valence-corrected chi connectivity index (χ0v) is 25.3. The molecule has 0 heteroatoms. The zero-order valence-electron chi connectivity index (χ0n) is 25.3. The molecule has 0 aliphatic carbocycles. The molecule has 0 fully saturated rings. The van der Waals surface area contributed by atoms with Gasteiger partial charge in [0.15, 0.2) is 0 Å². The Hall–Kier alpha value is 0. The van der Waals surface area contributed by atoms with Gasteiger partial charge < -0.3 is 0 Å². The molecule has 0 radical (unpaired) electrons. The summed E-state index contributed by atoms with van der Waals surface area (Å²) in [4.78, 5) is 0. The Labute approximate surface area is 206 Å². The standard InChI is InChI=1S/C32H66/c1-16-18-20(3)19-22(5)24(7)26(9)28(11)30(13)32(15)31(14)29(12)27(10)25(8)23(6)21(4)17-2/h20-32H,16-19H2,1-15H3. The molecule has 0 rings (SSSR count). The molecule has 194 valence electrons. The van der Waals surface area contributed by atoms with Crippen LogP contribution in [0.4, 0.5) is 0 Å². The average molecular weight is 451 g/mol. The summed E-state index contributed by atoms with van der Waals surface area (Å²) in [7, 11) is 0. The maximum absolute atomic E-state index is 2.56. The third-order valence-electron chi connectivity index (χ3n) is 11.5. The van der Waals surface area contributed by atoms with Crippen molar-refractivity contribution in [3.05, 3.63) is 0 Å². The fourth-order valence-electron chi connectivity index (χ4n) is 6.70. The molecule has 0 saturated heterocycles. The van der Waals surface area contributed by atoms with Gasteiger partial charge in [0.1, 0.15) is 0 Å². The van der Waals surface area contributed by atoms with Crippen LogP contribution in [-0.4, -0.2) is 0 Å². The van der Waals surface area contributed by atoms with Crippen LogP contribution in [0.1, 0.15) is 130 Å². The van der Waals surface area contributed by atoms with Gasteiger partial charge >= 0.3 is 0 Å². The van der Waals surface area contributed by atoms with Crippen molar-refractivity contribution in [3.63, 3.8) is 0 Å². The van der Waals surface area contributed by atoms with Crippen molar-refractivity contribution in [3.8, 4) is 0 Å². The molecule has 0 heterocycles. The minimum atomic E-state index is 0.775. The van der Waals surface area contributed by atoms with Crippen LogP contribution in [0.2, 0.25) is 0 Å². The van der Waals surface area contributed by atoms with Gasteiger partial charge in [-0.1, -0.05) is 123 Å². The highest BCUT2D eigenvalue weighted by Gasteiger charge is 2.36. The topological polar surface area (TPSA) is 0 Å². The van der Waals surface area contributed by atoms with E-state index in [1.807, 2.05) is 0 Å². The van der Waals surface area contributed by atoms with Crippen LogP contribution in [0.5, 0.6) is 0 Å². The third-order valence-corrected chi connectivity index (χ3v) is 11.5. The molecule has 0 amide bonds. The molecule has 0 aromatic heterocycles. The molecule has 0 aromatic carbocycles. The molecule has 32 heavy (non-hydrogen) atoms. The molecule has 0 N–H and O–H groups in total. The smallest absolute Gasteiger partial charge is 0.0386 e. The van der Waals surface area contributed by atoms with Crippen LogP contribution in [0.25, 0.3) is 0 Å². The molecule has 0 aromatic rings. The summed E-state index contributed by atoms with van der Waals surface area (Å²) in [6.45, 7) is 37.5. The monoisotopic (exact) mass is 451 g/mol. The molecular formula is C32H66. The summed E-state index contributed by atoms with van der Waals surface area (Å²) in [5.74, 6) is 10.4. The van der Waals surface area contributed by atoms with Crippen molar-refractivity contribution in [1.29, 1.82) is 0 Å². The zero-order chi connectivity index (χ0) is 25.3. The highest BCUT2D eigenvalue weighted by Crippen LogP contribution is 2.42. The molecule has 0 aliphatic rings. The SMILES string of the molecule is CCCC(C)CC(C)C(C)C(C)C(C)C(C)C(C)C(C)C(C)C(C)C(C)C(C)C(C)CC. The molecule has 13 atom stereocenters. The first-order valence-electron chi connectivity index (χ1n) is 14.7. The van der Waals surface area contributed by atoms with Crippen molar-refractivity contribution in [2.24, 2.45) is 76.9 Å². The summed E-state index contributed by atoms with van der Waals surface area (Å²) in [5, 5.41) is 0. The highest BCUT2D eigenvalue weighted by molar-refractivity contribution is 4.84. The predicted molar refractivity (Wildman–Crippen MR) is 149 cm³/mol. The molecule has 13 unspecified atom stereocenters. The van der Waals surface area contributed by atoms with E-state index in [0.717, 1.165) is 76.9 Å². The van der Waals surface area contributed by atoms with Gasteiger partial charge in [-0.05, 0) is 83.4 Å². The van der Waals surface area contributed by atoms with Crippen LogP contribution in [0, 0.1) is 76.9 Å². The van der Waals surface area contributed by atoms with Crippen LogP contribution >= 0.6 is 0 Å². The maximum Gasteiger partial charge on any atom is -0.0386 e. The normalized spacial score (nSPS) is 24.8. The second-order valence-corrected chi connectivity index (χ2v) is 13.1. The number of rotatable bonds is 16. The summed E-state index contributed by atoms with van der Waals surface area (Å²) < 4.78 is 0.